The predicted octanol–water partition coefficient (Wildman–Crippen LogP) is 5.49. The highest BCUT2D eigenvalue weighted by atomic mass is 16.3. The molecule has 1 N–H and O–H groups in total. The zero-order chi connectivity index (χ0) is 13.9. The van der Waals surface area contributed by atoms with E-state index >= 15 is 0 Å². The van der Waals surface area contributed by atoms with Gasteiger partial charge in [0.2, 0.25) is 0 Å². The number of phenolic OH excluding ortho intramolecular Hbond substituents is 1. The summed E-state index contributed by atoms with van der Waals surface area (Å²) in [6.07, 6.45) is 11.9. The minimum Gasteiger partial charge on any atom is -0.508 e. The lowest BCUT2D eigenvalue weighted by Gasteiger charge is -2.16. The van der Waals surface area contributed by atoms with Gasteiger partial charge in [-0.15, -0.1) is 6.58 Å². The summed E-state index contributed by atoms with van der Waals surface area (Å²) in [5.41, 5.74) is 1.07. The van der Waals surface area contributed by atoms with Crippen LogP contribution in [0.3, 0.4) is 0 Å². The normalized spacial score (nSPS) is 12.3. The fourth-order valence-corrected chi connectivity index (χ4v) is 2.57. The van der Waals surface area contributed by atoms with E-state index in [1.54, 1.807) is 6.07 Å². The van der Waals surface area contributed by atoms with Crippen molar-refractivity contribution < 1.29 is 5.11 Å². The maximum absolute atomic E-state index is 9.84. The fourth-order valence-electron chi connectivity index (χ4n) is 2.57. The lowest BCUT2D eigenvalue weighted by Crippen LogP contribution is -2.04. The minimum atomic E-state index is 0.433. The van der Waals surface area contributed by atoms with Crippen molar-refractivity contribution in [3.05, 3.63) is 42.5 Å². The van der Waals surface area contributed by atoms with Crippen LogP contribution in [0.2, 0.25) is 0 Å². The molecule has 0 saturated carbocycles. The van der Waals surface area contributed by atoms with Crippen molar-refractivity contribution in [2.45, 2.75) is 58.3 Å². The molecule has 1 aromatic rings. The fraction of sp³-hybridized carbons (Fsp3) is 0.556. The zero-order valence-electron chi connectivity index (χ0n) is 12.3. The third-order valence-electron chi connectivity index (χ3n) is 3.72. The average Bonchev–Trinajstić information content (AvgIpc) is 2.41. The van der Waals surface area contributed by atoms with E-state index < -0.39 is 0 Å². The lowest BCUT2D eigenvalue weighted by molar-refractivity contribution is 0.430. The van der Waals surface area contributed by atoms with Gasteiger partial charge in [0.05, 0.1) is 0 Å². The van der Waals surface area contributed by atoms with Crippen LogP contribution in [-0.4, -0.2) is 5.11 Å². The van der Waals surface area contributed by atoms with Crippen molar-refractivity contribution in [2.75, 3.05) is 0 Å². The van der Waals surface area contributed by atoms with E-state index in [0.717, 1.165) is 18.4 Å². The van der Waals surface area contributed by atoms with Gasteiger partial charge < -0.3 is 5.11 Å². The highest BCUT2D eigenvalue weighted by molar-refractivity contribution is 5.32. The highest BCUT2D eigenvalue weighted by Gasteiger charge is 2.10. The number of rotatable bonds is 10. The maximum Gasteiger partial charge on any atom is 0.118 e. The summed E-state index contributed by atoms with van der Waals surface area (Å²) in [5.74, 6) is 1.05. The van der Waals surface area contributed by atoms with Crippen LogP contribution in [0.15, 0.2) is 36.9 Å². The van der Waals surface area contributed by atoms with Gasteiger partial charge in [-0.1, -0.05) is 63.3 Å². The average molecular weight is 260 g/mol. The number of unbranched alkanes of at least 4 members (excludes halogenated alkanes) is 4. The molecule has 0 fully saturated rings. The number of aromatic hydroxyl groups is 1. The molecule has 0 amide bonds. The molecule has 1 unspecified atom stereocenters. The predicted molar refractivity (Wildman–Crippen MR) is 83.5 cm³/mol. The van der Waals surface area contributed by atoms with E-state index in [0.29, 0.717) is 11.7 Å². The maximum atomic E-state index is 9.84. The Labute approximate surface area is 118 Å². The molecule has 1 aromatic carbocycles. The van der Waals surface area contributed by atoms with Gasteiger partial charge in [0.1, 0.15) is 5.75 Å². The van der Waals surface area contributed by atoms with Gasteiger partial charge in [-0.2, -0.15) is 0 Å². The molecule has 1 atom stereocenters. The molecule has 1 nitrogen and oxygen atoms in total. The van der Waals surface area contributed by atoms with Crippen molar-refractivity contribution in [1.82, 2.24) is 0 Å². The molecule has 0 aliphatic rings. The van der Waals surface area contributed by atoms with Crippen LogP contribution in [0.5, 0.6) is 5.75 Å². The largest absolute Gasteiger partial charge is 0.508 e. The van der Waals surface area contributed by atoms with Crippen molar-refractivity contribution in [3.8, 4) is 5.75 Å². The van der Waals surface area contributed by atoms with Crippen LogP contribution < -0.4 is 0 Å². The Kier molecular flexibility index (Phi) is 8.04. The standard InChI is InChI=1S/C18H28O/c1-3-5-6-7-8-12-16(11-4-2)15-17-13-9-10-14-18(17)19/h4,9-10,13-14,16,19H,2-3,5-8,11-12,15H2,1H3. The van der Waals surface area contributed by atoms with Gasteiger partial charge >= 0.3 is 0 Å². The van der Waals surface area contributed by atoms with Crippen LogP contribution in [0.25, 0.3) is 0 Å². The number of benzene rings is 1. The first-order valence-corrected chi connectivity index (χ1v) is 7.65. The van der Waals surface area contributed by atoms with Gasteiger partial charge in [0, 0.05) is 0 Å². The van der Waals surface area contributed by atoms with E-state index in [1.165, 1.54) is 38.5 Å². The first kappa shape index (κ1) is 15.8. The third kappa shape index (κ3) is 6.47. The number of allylic oxidation sites excluding steroid dienone is 1. The Morgan fingerprint density at radius 2 is 1.89 bits per heavy atom. The van der Waals surface area contributed by atoms with E-state index in [2.05, 4.69) is 13.5 Å². The zero-order valence-corrected chi connectivity index (χ0v) is 12.3. The quantitative estimate of drug-likeness (QED) is 0.436. The van der Waals surface area contributed by atoms with Crippen molar-refractivity contribution in [2.24, 2.45) is 5.92 Å². The molecule has 0 radical (unpaired) electrons. The number of phenols is 1. The third-order valence-corrected chi connectivity index (χ3v) is 3.72. The number of hydrogen-bond acceptors (Lipinski definition) is 1. The molecule has 1 heteroatoms. The summed E-state index contributed by atoms with van der Waals surface area (Å²) in [6.45, 7) is 6.11. The second kappa shape index (κ2) is 9.66. The molecule has 0 aliphatic heterocycles. The van der Waals surface area contributed by atoms with E-state index in [4.69, 9.17) is 0 Å². The van der Waals surface area contributed by atoms with Crippen LogP contribution in [-0.2, 0) is 6.42 Å². The molecule has 0 saturated heterocycles. The molecule has 0 bridgehead atoms. The van der Waals surface area contributed by atoms with Gasteiger partial charge in [-0.05, 0) is 36.8 Å². The van der Waals surface area contributed by atoms with Crippen molar-refractivity contribution in [3.63, 3.8) is 0 Å². The van der Waals surface area contributed by atoms with Gasteiger partial charge in [0.15, 0.2) is 0 Å². The summed E-state index contributed by atoms with van der Waals surface area (Å²) in [7, 11) is 0. The Hall–Kier alpha value is -1.24. The van der Waals surface area contributed by atoms with E-state index in [-0.39, 0.29) is 0 Å². The van der Waals surface area contributed by atoms with Gasteiger partial charge in [-0.3, -0.25) is 0 Å². The summed E-state index contributed by atoms with van der Waals surface area (Å²) in [6, 6.07) is 7.69. The van der Waals surface area contributed by atoms with E-state index in [9.17, 15) is 5.11 Å². The molecule has 1 rings (SSSR count). The molecule has 19 heavy (non-hydrogen) atoms. The van der Waals surface area contributed by atoms with Crippen molar-refractivity contribution >= 4 is 0 Å². The summed E-state index contributed by atoms with van der Waals surface area (Å²) < 4.78 is 0. The van der Waals surface area contributed by atoms with Crippen LogP contribution in [0.4, 0.5) is 0 Å². The lowest BCUT2D eigenvalue weighted by atomic mass is 9.90. The Morgan fingerprint density at radius 3 is 2.58 bits per heavy atom. The minimum absolute atomic E-state index is 0.433. The first-order chi connectivity index (χ1) is 9.27. The van der Waals surface area contributed by atoms with E-state index in [1.807, 2.05) is 24.3 Å². The smallest absolute Gasteiger partial charge is 0.118 e. The molecule has 0 aliphatic carbocycles. The number of para-hydroxylation sites is 1. The van der Waals surface area contributed by atoms with Gasteiger partial charge in [-0.25, -0.2) is 0 Å². The molecule has 0 heterocycles. The highest BCUT2D eigenvalue weighted by Crippen LogP contribution is 2.25. The first-order valence-electron chi connectivity index (χ1n) is 7.65. The number of hydrogen-bond donors (Lipinski definition) is 1. The Morgan fingerprint density at radius 1 is 1.16 bits per heavy atom. The molecule has 0 aromatic heterocycles. The SMILES string of the molecule is C=CCC(CCCCCCC)Cc1ccccc1O. The second-order valence-electron chi connectivity index (χ2n) is 5.43. The van der Waals surface area contributed by atoms with Crippen LogP contribution in [0, 0.1) is 5.92 Å². The molecule has 106 valence electrons. The van der Waals surface area contributed by atoms with Crippen molar-refractivity contribution in [1.29, 1.82) is 0 Å². The molecule has 0 spiro atoms. The summed E-state index contributed by atoms with van der Waals surface area (Å²) in [4.78, 5) is 0. The molecular weight excluding hydrogens is 232 g/mol. The van der Waals surface area contributed by atoms with Gasteiger partial charge in [0.25, 0.3) is 0 Å². The Balaban J connectivity index is 2.40. The molecular formula is C18H28O. The topological polar surface area (TPSA) is 20.2 Å². The van der Waals surface area contributed by atoms with Crippen LogP contribution in [0.1, 0.15) is 57.4 Å². The monoisotopic (exact) mass is 260 g/mol. The second-order valence-corrected chi connectivity index (χ2v) is 5.43. The Bertz CT molecular complexity index is 356. The summed E-state index contributed by atoms with van der Waals surface area (Å²) in [5, 5.41) is 9.84. The summed E-state index contributed by atoms with van der Waals surface area (Å²) >= 11 is 0. The van der Waals surface area contributed by atoms with Crippen LogP contribution >= 0.6 is 0 Å².